The molecule has 5 aromatic carbocycles. The maximum atomic E-state index is 13.0. The fourth-order valence-electron chi connectivity index (χ4n) is 5.32. The Labute approximate surface area is 285 Å². The van der Waals surface area contributed by atoms with Gasteiger partial charge in [-0.25, -0.2) is 4.79 Å². The summed E-state index contributed by atoms with van der Waals surface area (Å²) < 4.78 is 11.6. The smallest absolute Gasteiger partial charge is 0.411 e. The Morgan fingerprint density at radius 1 is 0.711 bits per heavy atom. The molecular formula is C36H28BrNO3S4. The molecule has 0 radical (unpaired) electrons. The zero-order valence-electron chi connectivity index (χ0n) is 24.0. The van der Waals surface area contributed by atoms with Crippen LogP contribution in [0.3, 0.4) is 0 Å². The molecule has 0 aliphatic heterocycles. The van der Waals surface area contributed by atoms with E-state index < -0.39 is 11.5 Å². The van der Waals surface area contributed by atoms with Gasteiger partial charge in [-0.15, -0.1) is 46.2 Å². The number of thioether (sulfide) groups is 2. The van der Waals surface area contributed by atoms with Crippen LogP contribution in [0.25, 0.3) is 40.3 Å². The van der Waals surface area contributed by atoms with Crippen LogP contribution in [-0.4, -0.2) is 35.9 Å². The Hall–Kier alpha value is -3.05. The minimum Gasteiger partial charge on any atom is -0.449 e. The first-order valence-corrected chi connectivity index (χ1v) is 18.8. The normalized spacial score (nSPS) is 12.0. The average Bonchev–Trinajstić information content (AvgIpc) is 3.65. The summed E-state index contributed by atoms with van der Waals surface area (Å²) in [4.78, 5) is 15.3. The van der Waals surface area contributed by atoms with E-state index in [4.69, 9.17) is 4.74 Å². The quantitative estimate of drug-likeness (QED) is 0.137. The maximum Gasteiger partial charge on any atom is 0.411 e. The monoisotopic (exact) mass is 729 g/mol. The standard InChI is InChI=1S/C36H28BrNO3S4/c37-27-13-3-4-14-28(27)38-35(40)41-20-36(19-39,21-42-31-17-7-11-25-23-9-1-5-15-29(23)44-33(25)31)22-43-32-18-8-12-26-24-10-2-6-16-30(24)45-34(26)32/h1-18,39H,19-22H2,(H,38,40). The van der Waals surface area contributed by atoms with Crippen molar-refractivity contribution in [1.82, 2.24) is 0 Å². The number of anilines is 1. The molecule has 0 bridgehead atoms. The van der Waals surface area contributed by atoms with Crippen LogP contribution < -0.4 is 5.32 Å². The van der Waals surface area contributed by atoms with E-state index in [1.165, 1.54) is 50.1 Å². The third-order valence-corrected chi connectivity index (χ3v) is 14.0. The predicted octanol–water partition coefficient (Wildman–Crippen LogP) is 11.3. The van der Waals surface area contributed by atoms with Crippen molar-refractivity contribution in [2.45, 2.75) is 9.79 Å². The predicted molar refractivity (Wildman–Crippen MR) is 199 cm³/mol. The van der Waals surface area contributed by atoms with Gasteiger partial charge in [0.2, 0.25) is 0 Å². The van der Waals surface area contributed by atoms with Crippen molar-refractivity contribution in [2.24, 2.45) is 5.41 Å². The molecule has 45 heavy (non-hydrogen) atoms. The summed E-state index contributed by atoms with van der Waals surface area (Å²) in [7, 11) is 0. The second-order valence-electron chi connectivity index (χ2n) is 10.9. The fourth-order valence-corrected chi connectivity index (χ4v) is 11.0. The third kappa shape index (κ3) is 6.35. The van der Waals surface area contributed by atoms with E-state index >= 15 is 0 Å². The first-order valence-electron chi connectivity index (χ1n) is 14.4. The summed E-state index contributed by atoms with van der Waals surface area (Å²) in [5, 5.41) is 18.8. The Balaban J connectivity index is 1.17. The van der Waals surface area contributed by atoms with Crippen LogP contribution in [0.1, 0.15) is 0 Å². The lowest BCUT2D eigenvalue weighted by Crippen LogP contribution is -2.38. The highest BCUT2D eigenvalue weighted by Gasteiger charge is 2.33. The van der Waals surface area contributed by atoms with Crippen molar-refractivity contribution in [3.63, 3.8) is 0 Å². The molecule has 0 fully saturated rings. The van der Waals surface area contributed by atoms with Gasteiger partial charge >= 0.3 is 6.09 Å². The van der Waals surface area contributed by atoms with Crippen LogP contribution in [-0.2, 0) is 4.74 Å². The minimum atomic E-state index is -0.696. The second kappa shape index (κ2) is 13.4. The number of fused-ring (bicyclic) bond motifs is 6. The number of amides is 1. The lowest BCUT2D eigenvalue weighted by Gasteiger charge is -2.31. The highest BCUT2D eigenvalue weighted by atomic mass is 79.9. The number of para-hydroxylation sites is 1. The van der Waals surface area contributed by atoms with Crippen LogP contribution in [0.2, 0.25) is 0 Å². The molecule has 2 heterocycles. The van der Waals surface area contributed by atoms with Gasteiger partial charge < -0.3 is 9.84 Å². The van der Waals surface area contributed by atoms with Gasteiger partial charge in [0.1, 0.15) is 6.61 Å². The van der Waals surface area contributed by atoms with Gasteiger partial charge in [-0.05, 0) is 52.3 Å². The zero-order valence-corrected chi connectivity index (χ0v) is 28.8. The number of carbonyl (C=O) groups excluding carboxylic acids is 1. The number of carbonyl (C=O) groups is 1. The summed E-state index contributed by atoms with van der Waals surface area (Å²) in [5.74, 6) is 1.16. The Morgan fingerprint density at radius 3 is 1.78 bits per heavy atom. The molecule has 0 aliphatic carbocycles. The Morgan fingerprint density at radius 2 is 1.22 bits per heavy atom. The number of rotatable bonds is 10. The minimum absolute atomic E-state index is 0.0740. The molecule has 0 saturated heterocycles. The molecule has 0 spiro atoms. The summed E-state index contributed by atoms with van der Waals surface area (Å²) in [6.07, 6.45) is -0.548. The first kappa shape index (κ1) is 30.6. The van der Waals surface area contributed by atoms with E-state index in [1.54, 1.807) is 46.2 Å². The number of nitrogens with one attached hydrogen (secondary N) is 1. The van der Waals surface area contributed by atoms with Crippen molar-refractivity contribution >= 4 is 114 Å². The Kier molecular flexibility index (Phi) is 9.08. The average molecular weight is 731 g/mol. The molecular weight excluding hydrogens is 703 g/mol. The lowest BCUT2D eigenvalue weighted by molar-refractivity contribution is 0.0736. The number of halogens is 1. The van der Waals surface area contributed by atoms with E-state index in [-0.39, 0.29) is 13.2 Å². The third-order valence-electron chi connectivity index (χ3n) is 7.76. The molecule has 226 valence electrons. The lowest BCUT2D eigenvalue weighted by atomic mass is 9.96. The van der Waals surface area contributed by atoms with E-state index in [9.17, 15) is 9.90 Å². The van der Waals surface area contributed by atoms with Crippen LogP contribution in [0, 0.1) is 5.41 Å². The molecule has 0 atom stereocenters. The molecule has 9 heteroatoms. The van der Waals surface area contributed by atoms with E-state index in [0.717, 1.165) is 4.47 Å². The van der Waals surface area contributed by atoms with Crippen LogP contribution in [0.4, 0.5) is 10.5 Å². The Bertz CT molecular complexity index is 2040. The topological polar surface area (TPSA) is 58.6 Å². The summed E-state index contributed by atoms with van der Waals surface area (Å²) in [5.41, 5.74) is -0.0631. The van der Waals surface area contributed by atoms with Gasteiger partial charge in [-0.3, -0.25) is 5.32 Å². The second-order valence-corrected chi connectivity index (χ2v) is 15.9. The molecule has 7 rings (SSSR count). The number of ether oxygens (including phenoxy) is 1. The van der Waals surface area contributed by atoms with Gasteiger partial charge in [0.15, 0.2) is 0 Å². The molecule has 1 amide bonds. The number of aliphatic hydroxyl groups is 1. The number of benzene rings is 5. The van der Waals surface area contributed by atoms with Crippen molar-refractivity contribution in [3.05, 3.63) is 114 Å². The van der Waals surface area contributed by atoms with Gasteiger partial charge in [-0.1, -0.05) is 72.8 Å². The number of thiophene rings is 2. The molecule has 7 aromatic rings. The van der Waals surface area contributed by atoms with Crippen LogP contribution in [0.15, 0.2) is 123 Å². The molecule has 2 N–H and O–H groups in total. The molecule has 0 saturated carbocycles. The zero-order chi connectivity index (χ0) is 30.8. The first-order chi connectivity index (χ1) is 22.0. The van der Waals surface area contributed by atoms with Crippen molar-refractivity contribution in [2.75, 3.05) is 30.0 Å². The van der Waals surface area contributed by atoms with Crippen molar-refractivity contribution in [1.29, 1.82) is 0 Å². The SMILES string of the molecule is O=C(Nc1ccccc1Br)OCC(CO)(CSc1cccc2c1sc1ccccc12)CSc1cccc2c1sc1ccccc12. The van der Waals surface area contributed by atoms with Gasteiger partial charge in [0.25, 0.3) is 0 Å². The number of hydrogen-bond acceptors (Lipinski definition) is 7. The summed E-state index contributed by atoms with van der Waals surface area (Å²) in [6, 6.07) is 37.2. The summed E-state index contributed by atoms with van der Waals surface area (Å²) in [6.45, 7) is -0.0509. The highest BCUT2D eigenvalue weighted by molar-refractivity contribution is 9.10. The van der Waals surface area contributed by atoms with Gasteiger partial charge in [-0.2, -0.15) is 0 Å². The molecule has 4 nitrogen and oxygen atoms in total. The van der Waals surface area contributed by atoms with Crippen LogP contribution in [0.5, 0.6) is 0 Å². The number of hydrogen-bond donors (Lipinski definition) is 2. The van der Waals surface area contributed by atoms with E-state index in [2.05, 4.69) is 106 Å². The largest absolute Gasteiger partial charge is 0.449 e. The van der Waals surface area contributed by atoms with Crippen molar-refractivity contribution < 1.29 is 14.6 Å². The fraction of sp³-hybridized carbons (Fsp3) is 0.139. The highest BCUT2D eigenvalue weighted by Crippen LogP contribution is 2.44. The van der Waals surface area contributed by atoms with Gasteiger partial charge in [0.05, 0.1) is 12.3 Å². The van der Waals surface area contributed by atoms with Gasteiger partial charge in [0, 0.05) is 71.5 Å². The van der Waals surface area contributed by atoms with Crippen LogP contribution >= 0.6 is 62.1 Å². The number of aliphatic hydroxyl groups excluding tert-OH is 1. The van der Waals surface area contributed by atoms with E-state index in [0.29, 0.717) is 17.2 Å². The maximum absolute atomic E-state index is 13.0. The van der Waals surface area contributed by atoms with E-state index in [1.807, 2.05) is 24.3 Å². The van der Waals surface area contributed by atoms with Crippen molar-refractivity contribution in [3.8, 4) is 0 Å². The molecule has 2 aromatic heterocycles. The molecule has 0 aliphatic rings. The molecule has 0 unspecified atom stereocenters. The summed E-state index contributed by atoms with van der Waals surface area (Å²) >= 11 is 10.5.